The second kappa shape index (κ2) is 6.73. The first-order valence-corrected chi connectivity index (χ1v) is 7.85. The Hall–Kier alpha value is -2.49. The molecule has 1 aliphatic rings. The third-order valence-electron chi connectivity index (χ3n) is 4.18. The van der Waals surface area contributed by atoms with Gasteiger partial charge in [-0.05, 0) is 72.2 Å². The normalized spacial score (nSPS) is 14.8. The molecular formula is C19H19FN2O. The molecule has 2 N–H and O–H groups in total. The number of amides is 1. The lowest BCUT2D eigenvalue weighted by atomic mass is 9.84. The average Bonchev–Trinajstić information content (AvgIpc) is 2.55. The summed E-state index contributed by atoms with van der Waals surface area (Å²) in [6, 6.07) is 10.6. The first kappa shape index (κ1) is 15.4. The smallest absolute Gasteiger partial charge is 0.223 e. The second-order valence-electron chi connectivity index (χ2n) is 5.85. The number of rotatable bonds is 4. The third kappa shape index (κ3) is 3.65. The molecule has 118 valence electrons. The van der Waals surface area contributed by atoms with E-state index in [-0.39, 0.29) is 18.1 Å². The minimum absolute atomic E-state index is 0.146. The van der Waals surface area contributed by atoms with Crippen molar-refractivity contribution in [2.24, 2.45) is 5.73 Å². The summed E-state index contributed by atoms with van der Waals surface area (Å²) in [5.74, 6) is -0.606. The number of carbonyl (C=O) groups excluding carboxylic acids is 1. The number of primary amides is 1. The highest BCUT2D eigenvalue weighted by molar-refractivity contribution is 5.91. The molecule has 1 aliphatic carbocycles. The fourth-order valence-corrected chi connectivity index (χ4v) is 3.13. The van der Waals surface area contributed by atoms with Crippen LogP contribution in [0.25, 0.3) is 11.1 Å². The van der Waals surface area contributed by atoms with Gasteiger partial charge in [-0.3, -0.25) is 9.78 Å². The number of benzene rings is 1. The van der Waals surface area contributed by atoms with Gasteiger partial charge in [-0.25, -0.2) is 4.39 Å². The molecular weight excluding hydrogens is 291 g/mol. The van der Waals surface area contributed by atoms with Crippen LogP contribution in [0.2, 0.25) is 0 Å². The van der Waals surface area contributed by atoms with E-state index in [1.165, 1.54) is 23.3 Å². The van der Waals surface area contributed by atoms with Crippen molar-refractivity contribution in [3.63, 3.8) is 0 Å². The standard InChI is InChI=1S/C19H19FN2O/c20-15-7-5-13(6-8-15)17-3-1-2-4-18(17)14-9-10-22-16(11-14)12-19(21)23/h5-11H,1-4,12H2,(H2,21,23). The minimum Gasteiger partial charge on any atom is -0.369 e. The van der Waals surface area contributed by atoms with E-state index in [0.717, 1.165) is 36.8 Å². The summed E-state index contributed by atoms with van der Waals surface area (Å²) in [7, 11) is 0. The number of hydrogen-bond acceptors (Lipinski definition) is 2. The maximum Gasteiger partial charge on any atom is 0.223 e. The highest BCUT2D eigenvalue weighted by Gasteiger charge is 2.16. The molecule has 23 heavy (non-hydrogen) atoms. The Kier molecular flexibility index (Phi) is 4.51. The van der Waals surface area contributed by atoms with E-state index >= 15 is 0 Å². The zero-order valence-electron chi connectivity index (χ0n) is 12.9. The summed E-state index contributed by atoms with van der Waals surface area (Å²) in [5.41, 5.74) is 10.6. The van der Waals surface area contributed by atoms with Crippen molar-refractivity contribution in [3.05, 3.63) is 65.2 Å². The molecule has 0 atom stereocenters. The van der Waals surface area contributed by atoms with Crippen LogP contribution in [0.3, 0.4) is 0 Å². The van der Waals surface area contributed by atoms with E-state index in [1.54, 1.807) is 6.20 Å². The van der Waals surface area contributed by atoms with Crippen LogP contribution in [0.15, 0.2) is 42.6 Å². The molecule has 3 nitrogen and oxygen atoms in total. The predicted octanol–water partition coefficient (Wildman–Crippen LogP) is 3.73. The van der Waals surface area contributed by atoms with Gasteiger partial charge in [-0.15, -0.1) is 0 Å². The Morgan fingerprint density at radius 1 is 1.04 bits per heavy atom. The van der Waals surface area contributed by atoms with E-state index < -0.39 is 0 Å². The molecule has 1 heterocycles. The Labute approximate surface area is 135 Å². The molecule has 1 amide bonds. The zero-order valence-corrected chi connectivity index (χ0v) is 12.9. The number of nitrogens with two attached hydrogens (primary N) is 1. The fourth-order valence-electron chi connectivity index (χ4n) is 3.13. The molecule has 0 radical (unpaired) electrons. The topological polar surface area (TPSA) is 56.0 Å². The summed E-state index contributed by atoms with van der Waals surface area (Å²) >= 11 is 0. The van der Waals surface area contributed by atoms with Gasteiger partial charge in [0.15, 0.2) is 0 Å². The number of halogens is 1. The number of allylic oxidation sites excluding steroid dienone is 2. The van der Waals surface area contributed by atoms with Crippen molar-refractivity contribution in [3.8, 4) is 0 Å². The average molecular weight is 310 g/mol. The quantitative estimate of drug-likeness (QED) is 0.935. The first-order chi connectivity index (χ1) is 11.1. The number of pyridine rings is 1. The first-order valence-electron chi connectivity index (χ1n) is 7.85. The molecule has 4 heteroatoms. The van der Waals surface area contributed by atoms with Gasteiger partial charge < -0.3 is 5.73 Å². The van der Waals surface area contributed by atoms with Crippen LogP contribution in [0.5, 0.6) is 0 Å². The number of aromatic nitrogens is 1. The van der Waals surface area contributed by atoms with Gasteiger partial charge in [0.25, 0.3) is 0 Å². The zero-order chi connectivity index (χ0) is 16.2. The Balaban J connectivity index is 2.03. The Morgan fingerprint density at radius 3 is 2.35 bits per heavy atom. The van der Waals surface area contributed by atoms with E-state index in [1.807, 2.05) is 24.3 Å². The summed E-state index contributed by atoms with van der Waals surface area (Å²) in [6.45, 7) is 0. The summed E-state index contributed by atoms with van der Waals surface area (Å²) in [5, 5.41) is 0. The molecule has 2 aromatic rings. The molecule has 0 unspecified atom stereocenters. The summed E-state index contributed by atoms with van der Waals surface area (Å²) in [4.78, 5) is 15.3. The third-order valence-corrected chi connectivity index (χ3v) is 4.18. The van der Waals surface area contributed by atoms with Crippen LogP contribution in [0.4, 0.5) is 4.39 Å². The van der Waals surface area contributed by atoms with Gasteiger partial charge >= 0.3 is 0 Å². The lowest BCUT2D eigenvalue weighted by Gasteiger charge is -2.21. The molecule has 0 aliphatic heterocycles. The van der Waals surface area contributed by atoms with Gasteiger partial charge in [-0.2, -0.15) is 0 Å². The van der Waals surface area contributed by atoms with Gasteiger partial charge in [-0.1, -0.05) is 12.1 Å². The predicted molar refractivity (Wildman–Crippen MR) is 88.8 cm³/mol. The van der Waals surface area contributed by atoms with Crippen LogP contribution >= 0.6 is 0 Å². The highest BCUT2D eigenvalue weighted by atomic mass is 19.1. The van der Waals surface area contributed by atoms with Crippen molar-refractivity contribution < 1.29 is 9.18 Å². The number of hydrogen-bond donors (Lipinski definition) is 1. The van der Waals surface area contributed by atoms with Crippen molar-refractivity contribution in [1.82, 2.24) is 4.98 Å². The monoisotopic (exact) mass is 310 g/mol. The Morgan fingerprint density at radius 2 is 1.70 bits per heavy atom. The van der Waals surface area contributed by atoms with Crippen LogP contribution in [-0.4, -0.2) is 10.9 Å². The Bertz CT molecular complexity index is 750. The van der Waals surface area contributed by atoms with Crippen LogP contribution in [0, 0.1) is 5.82 Å². The molecule has 1 aromatic heterocycles. The fraction of sp³-hybridized carbons (Fsp3) is 0.263. The number of carbonyl (C=O) groups is 1. The van der Waals surface area contributed by atoms with E-state index in [2.05, 4.69) is 4.98 Å². The van der Waals surface area contributed by atoms with E-state index in [4.69, 9.17) is 5.73 Å². The maximum absolute atomic E-state index is 13.2. The van der Waals surface area contributed by atoms with Crippen LogP contribution < -0.4 is 5.73 Å². The van der Waals surface area contributed by atoms with Crippen molar-refractivity contribution in [2.75, 3.05) is 0 Å². The summed E-state index contributed by atoms with van der Waals surface area (Å²) in [6.07, 6.45) is 6.09. The highest BCUT2D eigenvalue weighted by Crippen LogP contribution is 2.38. The maximum atomic E-state index is 13.2. The number of nitrogens with zero attached hydrogens (tertiary/aromatic N) is 1. The largest absolute Gasteiger partial charge is 0.369 e. The SMILES string of the molecule is NC(=O)Cc1cc(C2=C(c3ccc(F)cc3)CCCC2)ccn1. The molecule has 3 rings (SSSR count). The van der Waals surface area contributed by atoms with E-state index in [0.29, 0.717) is 5.69 Å². The van der Waals surface area contributed by atoms with Crippen molar-refractivity contribution in [1.29, 1.82) is 0 Å². The minimum atomic E-state index is -0.383. The second-order valence-corrected chi connectivity index (χ2v) is 5.85. The van der Waals surface area contributed by atoms with Gasteiger partial charge in [0, 0.05) is 6.20 Å². The molecule has 0 saturated carbocycles. The van der Waals surface area contributed by atoms with Gasteiger partial charge in [0.2, 0.25) is 5.91 Å². The molecule has 1 aromatic carbocycles. The molecule has 0 saturated heterocycles. The van der Waals surface area contributed by atoms with Gasteiger partial charge in [0.1, 0.15) is 5.82 Å². The summed E-state index contributed by atoms with van der Waals surface area (Å²) < 4.78 is 13.2. The molecule has 0 spiro atoms. The lowest BCUT2D eigenvalue weighted by molar-refractivity contribution is -0.117. The molecule has 0 fully saturated rings. The van der Waals surface area contributed by atoms with Crippen LogP contribution in [-0.2, 0) is 11.2 Å². The van der Waals surface area contributed by atoms with Crippen LogP contribution in [0.1, 0.15) is 42.5 Å². The van der Waals surface area contributed by atoms with Crippen molar-refractivity contribution in [2.45, 2.75) is 32.1 Å². The van der Waals surface area contributed by atoms with Gasteiger partial charge in [0.05, 0.1) is 12.1 Å². The molecule has 0 bridgehead atoms. The lowest BCUT2D eigenvalue weighted by Crippen LogP contribution is -2.14. The van der Waals surface area contributed by atoms with Crippen molar-refractivity contribution >= 4 is 17.1 Å². The van der Waals surface area contributed by atoms with E-state index in [9.17, 15) is 9.18 Å².